The lowest BCUT2D eigenvalue weighted by atomic mass is 10.1. The number of hydrogen-bond donors (Lipinski definition) is 1. The summed E-state index contributed by atoms with van der Waals surface area (Å²) in [6.45, 7) is 0.0217. The lowest BCUT2D eigenvalue weighted by molar-refractivity contribution is 0.299. The zero-order valence-electron chi connectivity index (χ0n) is 9.90. The maximum atomic E-state index is 13.6. The molecule has 0 atom stereocenters. The molecule has 2 aromatic rings. The van der Waals surface area contributed by atoms with Gasteiger partial charge in [-0.25, -0.2) is 8.78 Å². The van der Waals surface area contributed by atoms with Crippen LogP contribution >= 0.6 is 12.2 Å². The molecular formula is C14H11F2NOS. The van der Waals surface area contributed by atoms with Crippen molar-refractivity contribution in [1.82, 2.24) is 0 Å². The van der Waals surface area contributed by atoms with Gasteiger partial charge in [-0.15, -0.1) is 0 Å². The number of ether oxygens (including phenoxy) is 1. The zero-order valence-corrected chi connectivity index (χ0v) is 10.7. The average Bonchev–Trinajstić information content (AvgIpc) is 2.39. The molecule has 0 amide bonds. The molecule has 2 N–H and O–H groups in total. The molecule has 0 unspecified atom stereocenters. The van der Waals surface area contributed by atoms with Crippen LogP contribution in [0.15, 0.2) is 42.5 Å². The van der Waals surface area contributed by atoms with Crippen LogP contribution in [0.1, 0.15) is 11.1 Å². The molecule has 0 spiro atoms. The summed E-state index contributed by atoms with van der Waals surface area (Å²) >= 11 is 4.83. The topological polar surface area (TPSA) is 35.2 Å². The van der Waals surface area contributed by atoms with Crippen molar-refractivity contribution >= 4 is 17.2 Å². The van der Waals surface area contributed by atoms with E-state index in [1.54, 1.807) is 6.07 Å². The Labute approximate surface area is 114 Å². The van der Waals surface area contributed by atoms with E-state index in [-0.39, 0.29) is 17.4 Å². The van der Waals surface area contributed by atoms with Crippen molar-refractivity contribution < 1.29 is 13.5 Å². The third-order valence-electron chi connectivity index (χ3n) is 2.54. The van der Waals surface area contributed by atoms with Crippen molar-refractivity contribution in [2.45, 2.75) is 6.61 Å². The van der Waals surface area contributed by atoms with E-state index in [1.165, 1.54) is 36.4 Å². The van der Waals surface area contributed by atoms with Gasteiger partial charge in [-0.1, -0.05) is 12.2 Å². The van der Waals surface area contributed by atoms with Crippen LogP contribution in [-0.2, 0) is 6.61 Å². The lowest BCUT2D eigenvalue weighted by Crippen LogP contribution is -2.10. The van der Waals surface area contributed by atoms with E-state index in [9.17, 15) is 8.78 Å². The summed E-state index contributed by atoms with van der Waals surface area (Å²) in [5, 5.41) is 0. The predicted octanol–water partition coefficient (Wildman–Crippen LogP) is 3.18. The monoisotopic (exact) mass is 279 g/mol. The van der Waals surface area contributed by atoms with Crippen LogP contribution < -0.4 is 10.5 Å². The third kappa shape index (κ3) is 3.48. The SMILES string of the molecule is NC(=S)c1ccc(F)c(COc2ccc(F)cc2)c1. The largest absolute Gasteiger partial charge is 0.489 e. The second kappa shape index (κ2) is 5.75. The van der Waals surface area contributed by atoms with E-state index in [0.717, 1.165) is 0 Å². The van der Waals surface area contributed by atoms with Crippen molar-refractivity contribution in [3.05, 3.63) is 65.2 Å². The number of halogens is 2. The zero-order chi connectivity index (χ0) is 13.8. The molecule has 5 heteroatoms. The molecule has 2 nitrogen and oxygen atoms in total. The van der Waals surface area contributed by atoms with E-state index >= 15 is 0 Å². The highest BCUT2D eigenvalue weighted by atomic mass is 32.1. The quantitative estimate of drug-likeness (QED) is 0.873. The highest BCUT2D eigenvalue weighted by Gasteiger charge is 2.06. The molecule has 0 aromatic heterocycles. The first-order chi connectivity index (χ1) is 9.06. The first-order valence-corrected chi connectivity index (χ1v) is 5.93. The van der Waals surface area contributed by atoms with Crippen LogP contribution in [0.2, 0.25) is 0 Å². The van der Waals surface area contributed by atoms with E-state index in [4.69, 9.17) is 22.7 Å². The molecule has 0 saturated carbocycles. The lowest BCUT2D eigenvalue weighted by Gasteiger charge is -2.08. The van der Waals surface area contributed by atoms with Gasteiger partial charge in [0.2, 0.25) is 0 Å². The Morgan fingerprint density at radius 3 is 2.42 bits per heavy atom. The molecule has 2 rings (SSSR count). The maximum absolute atomic E-state index is 13.6. The Bertz CT molecular complexity index is 599. The molecule has 0 saturated heterocycles. The van der Waals surface area contributed by atoms with Gasteiger partial charge in [0.05, 0.1) is 0 Å². The number of rotatable bonds is 4. The summed E-state index contributed by atoms with van der Waals surface area (Å²) < 4.78 is 31.7. The van der Waals surface area contributed by atoms with Crippen molar-refractivity contribution in [2.75, 3.05) is 0 Å². The first kappa shape index (κ1) is 13.4. The molecule has 2 aromatic carbocycles. The number of benzene rings is 2. The van der Waals surface area contributed by atoms with Crippen LogP contribution in [0, 0.1) is 11.6 Å². The second-order valence-electron chi connectivity index (χ2n) is 3.91. The van der Waals surface area contributed by atoms with Crippen molar-refractivity contribution in [3.8, 4) is 5.75 Å². The Morgan fingerprint density at radius 1 is 1.11 bits per heavy atom. The third-order valence-corrected chi connectivity index (χ3v) is 2.77. The highest BCUT2D eigenvalue weighted by molar-refractivity contribution is 7.80. The first-order valence-electron chi connectivity index (χ1n) is 5.53. The summed E-state index contributed by atoms with van der Waals surface area (Å²) in [5.41, 5.74) is 6.40. The Kier molecular flexibility index (Phi) is 4.06. The second-order valence-corrected chi connectivity index (χ2v) is 4.35. The van der Waals surface area contributed by atoms with Gasteiger partial charge in [0.15, 0.2) is 0 Å². The van der Waals surface area contributed by atoms with Crippen LogP contribution in [-0.4, -0.2) is 4.99 Å². The predicted molar refractivity (Wildman–Crippen MR) is 73.0 cm³/mol. The Hall–Kier alpha value is -2.01. The van der Waals surface area contributed by atoms with Gasteiger partial charge in [0.25, 0.3) is 0 Å². The molecule has 0 aliphatic heterocycles. The van der Waals surface area contributed by atoms with E-state index in [1.807, 2.05) is 0 Å². The van der Waals surface area contributed by atoms with E-state index in [2.05, 4.69) is 0 Å². The van der Waals surface area contributed by atoms with Gasteiger partial charge in [-0.2, -0.15) is 0 Å². The van der Waals surface area contributed by atoms with Gasteiger partial charge in [0.1, 0.15) is 29.0 Å². The molecule has 0 fully saturated rings. The summed E-state index contributed by atoms with van der Waals surface area (Å²) in [7, 11) is 0. The molecule has 0 aliphatic carbocycles. The van der Waals surface area contributed by atoms with Crippen molar-refractivity contribution in [1.29, 1.82) is 0 Å². The Morgan fingerprint density at radius 2 is 1.79 bits per heavy atom. The fraction of sp³-hybridized carbons (Fsp3) is 0.0714. The molecule has 0 bridgehead atoms. The normalized spacial score (nSPS) is 10.2. The standard InChI is InChI=1S/C14H11F2NOS/c15-11-2-4-12(5-3-11)18-8-10-7-9(14(17)19)1-6-13(10)16/h1-7H,8H2,(H2,17,19). The van der Waals surface area contributed by atoms with Gasteiger partial charge in [-0.3, -0.25) is 0 Å². The molecule has 0 heterocycles. The van der Waals surface area contributed by atoms with E-state index < -0.39 is 5.82 Å². The maximum Gasteiger partial charge on any atom is 0.129 e. The van der Waals surface area contributed by atoms with Gasteiger partial charge in [0, 0.05) is 11.1 Å². The minimum atomic E-state index is -0.401. The van der Waals surface area contributed by atoms with Crippen LogP contribution in [0.5, 0.6) is 5.75 Å². The fourth-order valence-electron chi connectivity index (χ4n) is 1.53. The summed E-state index contributed by atoms with van der Waals surface area (Å²) in [5.74, 6) is -0.294. The van der Waals surface area contributed by atoms with Crippen molar-refractivity contribution in [2.24, 2.45) is 5.73 Å². The average molecular weight is 279 g/mol. The summed E-state index contributed by atoms with van der Waals surface area (Å²) in [6, 6.07) is 9.85. The fourth-order valence-corrected chi connectivity index (χ4v) is 1.66. The summed E-state index contributed by atoms with van der Waals surface area (Å²) in [6.07, 6.45) is 0. The molecule has 19 heavy (non-hydrogen) atoms. The number of hydrogen-bond acceptors (Lipinski definition) is 2. The molecular weight excluding hydrogens is 268 g/mol. The smallest absolute Gasteiger partial charge is 0.129 e. The number of nitrogens with two attached hydrogens (primary N) is 1. The van der Waals surface area contributed by atoms with E-state index in [0.29, 0.717) is 16.9 Å². The van der Waals surface area contributed by atoms with Crippen molar-refractivity contribution in [3.63, 3.8) is 0 Å². The Balaban J connectivity index is 2.12. The van der Waals surface area contributed by atoms with Gasteiger partial charge < -0.3 is 10.5 Å². The molecule has 98 valence electrons. The van der Waals surface area contributed by atoms with Gasteiger partial charge in [-0.05, 0) is 42.5 Å². The molecule has 0 aliphatic rings. The van der Waals surface area contributed by atoms with Gasteiger partial charge >= 0.3 is 0 Å². The number of thiocarbonyl (C=S) groups is 1. The van der Waals surface area contributed by atoms with Crippen LogP contribution in [0.4, 0.5) is 8.78 Å². The van der Waals surface area contributed by atoms with Crippen LogP contribution in [0.25, 0.3) is 0 Å². The highest BCUT2D eigenvalue weighted by Crippen LogP contribution is 2.16. The minimum absolute atomic E-state index is 0.0217. The van der Waals surface area contributed by atoms with Crippen LogP contribution in [0.3, 0.4) is 0 Å². The molecule has 0 radical (unpaired) electrons. The minimum Gasteiger partial charge on any atom is -0.489 e. The summed E-state index contributed by atoms with van der Waals surface area (Å²) in [4.78, 5) is 0.197.